The third-order valence-corrected chi connectivity index (χ3v) is 4.42. The number of carbonyl (C=O) groups is 1. The van der Waals surface area contributed by atoms with Gasteiger partial charge in [-0.1, -0.05) is 31.2 Å². The van der Waals surface area contributed by atoms with Crippen LogP contribution in [0, 0.1) is 6.92 Å². The minimum atomic E-state index is -3.30. The normalized spacial score (nSPS) is 12.2. The standard InChI is InChI=1S/C15H22N2O3S/c1-4-17-21(19,20)10-9-16-15(18)11-13(3)14-8-6-5-7-12(14)2/h5-8,11,17H,4,9-10H2,1-3H3,(H,16,18)/b13-11-. The number of allylic oxidation sites excluding steroid dienone is 1. The summed E-state index contributed by atoms with van der Waals surface area (Å²) < 4.78 is 25.2. The molecular weight excluding hydrogens is 288 g/mol. The average molecular weight is 310 g/mol. The van der Waals surface area contributed by atoms with Gasteiger partial charge in [-0.25, -0.2) is 13.1 Å². The molecule has 0 spiro atoms. The Balaban J connectivity index is 2.58. The van der Waals surface area contributed by atoms with E-state index in [1.165, 1.54) is 6.08 Å². The molecule has 0 aromatic heterocycles. The van der Waals surface area contributed by atoms with Crippen LogP contribution >= 0.6 is 0 Å². The second-order valence-electron chi connectivity index (χ2n) is 4.75. The lowest BCUT2D eigenvalue weighted by molar-refractivity contribution is -0.116. The zero-order valence-electron chi connectivity index (χ0n) is 12.6. The van der Waals surface area contributed by atoms with Crippen molar-refractivity contribution in [3.8, 4) is 0 Å². The van der Waals surface area contributed by atoms with Gasteiger partial charge < -0.3 is 5.32 Å². The number of aryl methyl sites for hydroxylation is 1. The van der Waals surface area contributed by atoms with Crippen molar-refractivity contribution in [3.05, 3.63) is 41.5 Å². The molecular formula is C15H22N2O3S. The first kappa shape index (κ1) is 17.4. The lowest BCUT2D eigenvalue weighted by Crippen LogP contribution is -2.33. The summed E-state index contributed by atoms with van der Waals surface area (Å²) in [5, 5.41) is 2.58. The second kappa shape index (κ2) is 7.95. The summed E-state index contributed by atoms with van der Waals surface area (Å²) in [6.45, 7) is 5.99. The van der Waals surface area contributed by atoms with Crippen LogP contribution in [0.2, 0.25) is 0 Å². The molecule has 1 aromatic rings. The molecule has 6 heteroatoms. The lowest BCUT2D eigenvalue weighted by atomic mass is 10.0. The molecule has 0 atom stereocenters. The Labute approximate surface area is 126 Å². The average Bonchev–Trinajstić information content (AvgIpc) is 2.38. The largest absolute Gasteiger partial charge is 0.351 e. The molecule has 1 aromatic carbocycles. The van der Waals surface area contributed by atoms with Crippen molar-refractivity contribution in [2.24, 2.45) is 0 Å². The summed E-state index contributed by atoms with van der Waals surface area (Å²) >= 11 is 0. The molecule has 0 bridgehead atoms. The van der Waals surface area contributed by atoms with Gasteiger partial charge in [0.2, 0.25) is 15.9 Å². The maximum atomic E-state index is 11.8. The van der Waals surface area contributed by atoms with Crippen LogP contribution in [0.4, 0.5) is 0 Å². The number of hydrogen-bond donors (Lipinski definition) is 2. The van der Waals surface area contributed by atoms with Crippen molar-refractivity contribution >= 4 is 21.5 Å². The van der Waals surface area contributed by atoms with Crippen LogP contribution in [0.15, 0.2) is 30.3 Å². The highest BCUT2D eigenvalue weighted by Crippen LogP contribution is 2.17. The zero-order valence-corrected chi connectivity index (χ0v) is 13.5. The molecule has 1 rings (SSSR count). The number of rotatable bonds is 7. The molecule has 1 amide bonds. The Hall–Kier alpha value is -1.66. The van der Waals surface area contributed by atoms with Crippen molar-refractivity contribution in [2.45, 2.75) is 20.8 Å². The third kappa shape index (κ3) is 6.10. The maximum Gasteiger partial charge on any atom is 0.244 e. The summed E-state index contributed by atoms with van der Waals surface area (Å²) in [5.74, 6) is -0.411. The van der Waals surface area contributed by atoms with Gasteiger partial charge in [-0.2, -0.15) is 0 Å². The summed E-state index contributed by atoms with van der Waals surface area (Å²) in [6, 6.07) is 7.79. The van der Waals surface area contributed by atoms with E-state index in [0.717, 1.165) is 16.7 Å². The predicted octanol–water partition coefficient (Wildman–Crippen LogP) is 1.45. The number of hydrogen-bond acceptors (Lipinski definition) is 3. The van der Waals surface area contributed by atoms with Gasteiger partial charge in [-0.3, -0.25) is 4.79 Å². The molecule has 5 nitrogen and oxygen atoms in total. The van der Waals surface area contributed by atoms with Gasteiger partial charge in [0, 0.05) is 19.2 Å². The van der Waals surface area contributed by atoms with Crippen molar-refractivity contribution in [2.75, 3.05) is 18.8 Å². The summed E-state index contributed by atoms with van der Waals surface area (Å²) in [7, 11) is -3.30. The number of nitrogens with one attached hydrogen (secondary N) is 2. The maximum absolute atomic E-state index is 11.8. The highest BCUT2D eigenvalue weighted by molar-refractivity contribution is 7.89. The highest BCUT2D eigenvalue weighted by atomic mass is 32.2. The quantitative estimate of drug-likeness (QED) is 0.749. The third-order valence-electron chi connectivity index (χ3n) is 2.95. The first-order chi connectivity index (χ1) is 9.85. The Morgan fingerprint density at radius 3 is 2.57 bits per heavy atom. The van der Waals surface area contributed by atoms with Gasteiger partial charge in [-0.05, 0) is 30.5 Å². The molecule has 0 fully saturated rings. The summed E-state index contributed by atoms with van der Waals surface area (Å²) in [5.41, 5.74) is 2.95. The molecule has 0 aliphatic carbocycles. The Bertz CT molecular complexity index is 622. The van der Waals surface area contributed by atoms with Crippen LogP contribution in [0.25, 0.3) is 5.57 Å². The Kier molecular flexibility index (Phi) is 6.58. The predicted molar refractivity (Wildman–Crippen MR) is 85.3 cm³/mol. The number of carbonyl (C=O) groups excluding carboxylic acids is 1. The fraction of sp³-hybridized carbons (Fsp3) is 0.400. The van der Waals surface area contributed by atoms with Gasteiger partial charge in [0.15, 0.2) is 0 Å². The SMILES string of the molecule is CCNS(=O)(=O)CCNC(=O)/C=C(/C)c1ccccc1C. The smallest absolute Gasteiger partial charge is 0.244 e. The fourth-order valence-electron chi connectivity index (χ4n) is 1.94. The van der Waals surface area contributed by atoms with Crippen LogP contribution < -0.4 is 10.0 Å². The minimum absolute atomic E-state index is 0.0890. The van der Waals surface area contributed by atoms with Gasteiger partial charge in [-0.15, -0.1) is 0 Å². The Morgan fingerprint density at radius 2 is 1.95 bits per heavy atom. The van der Waals surface area contributed by atoms with Gasteiger partial charge in [0.05, 0.1) is 5.75 Å². The number of amides is 1. The monoisotopic (exact) mass is 310 g/mol. The van der Waals surface area contributed by atoms with Crippen LogP contribution in [0.3, 0.4) is 0 Å². The van der Waals surface area contributed by atoms with Crippen molar-refractivity contribution < 1.29 is 13.2 Å². The van der Waals surface area contributed by atoms with Crippen LogP contribution in [-0.4, -0.2) is 33.2 Å². The number of sulfonamides is 1. The van der Waals surface area contributed by atoms with E-state index in [0.29, 0.717) is 6.54 Å². The van der Waals surface area contributed by atoms with Crippen LogP contribution in [-0.2, 0) is 14.8 Å². The molecule has 0 aliphatic heterocycles. The first-order valence-corrected chi connectivity index (χ1v) is 8.50. The zero-order chi connectivity index (χ0) is 15.9. The van der Waals surface area contributed by atoms with E-state index in [1.54, 1.807) is 6.92 Å². The molecule has 0 saturated carbocycles. The second-order valence-corrected chi connectivity index (χ2v) is 6.68. The van der Waals surface area contributed by atoms with E-state index in [-0.39, 0.29) is 18.2 Å². The van der Waals surface area contributed by atoms with Gasteiger partial charge >= 0.3 is 0 Å². The summed E-state index contributed by atoms with van der Waals surface area (Å²) in [4.78, 5) is 11.8. The van der Waals surface area contributed by atoms with Crippen molar-refractivity contribution in [3.63, 3.8) is 0 Å². The minimum Gasteiger partial charge on any atom is -0.351 e. The molecule has 0 radical (unpaired) electrons. The molecule has 0 heterocycles. The van der Waals surface area contributed by atoms with E-state index in [4.69, 9.17) is 0 Å². The van der Waals surface area contributed by atoms with Gasteiger partial charge in [0.1, 0.15) is 0 Å². The fourth-order valence-corrected chi connectivity index (χ4v) is 2.90. The van der Waals surface area contributed by atoms with E-state index in [2.05, 4.69) is 10.0 Å². The van der Waals surface area contributed by atoms with E-state index in [1.807, 2.05) is 38.1 Å². The first-order valence-electron chi connectivity index (χ1n) is 6.85. The molecule has 0 unspecified atom stereocenters. The molecule has 21 heavy (non-hydrogen) atoms. The molecule has 0 aliphatic rings. The molecule has 2 N–H and O–H groups in total. The summed E-state index contributed by atoms with van der Waals surface area (Å²) in [6.07, 6.45) is 1.49. The van der Waals surface area contributed by atoms with Crippen molar-refractivity contribution in [1.82, 2.24) is 10.0 Å². The van der Waals surface area contributed by atoms with Gasteiger partial charge in [0.25, 0.3) is 0 Å². The van der Waals surface area contributed by atoms with Crippen LogP contribution in [0.1, 0.15) is 25.0 Å². The van der Waals surface area contributed by atoms with E-state index in [9.17, 15) is 13.2 Å². The van der Waals surface area contributed by atoms with E-state index < -0.39 is 10.0 Å². The molecule has 116 valence electrons. The van der Waals surface area contributed by atoms with Crippen molar-refractivity contribution in [1.29, 1.82) is 0 Å². The molecule has 0 saturated heterocycles. The lowest BCUT2D eigenvalue weighted by Gasteiger charge is -2.07. The van der Waals surface area contributed by atoms with E-state index >= 15 is 0 Å². The van der Waals surface area contributed by atoms with Crippen LogP contribution in [0.5, 0.6) is 0 Å². The Morgan fingerprint density at radius 1 is 1.29 bits per heavy atom. The highest BCUT2D eigenvalue weighted by Gasteiger charge is 2.09. The number of benzene rings is 1. The topological polar surface area (TPSA) is 75.3 Å².